The van der Waals surface area contributed by atoms with E-state index in [1.165, 1.54) is 0 Å². The van der Waals surface area contributed by atoms with Crippen LogP contribution in [0.1, 0.15) is 18.4 Å². The SMILES string of the molecule is CSC1(CNS(=O)(=O)c2ccc3c(c2)CCN3)CC1. The fourth-order valence-electron chi connectivity index (χ4n) is 2.35. The Morgan fingerprint density at radius 2 is 2.21 bits per heavy atom. The van der Waals surface area contributed by atoms with E-state index in [2.05, 4.69) is 10.0 Å². The molecule has 1 fully saturated rings. The Bertz CT molecular complexity index is 595. The van der Waals surface area contributed by atoms with Crippen molar-refractivity contribution < 1.29 is 8.42 Å². The van der Waals surface area contributed by atoms with Gasteiger partial charge < -0.3 is 5.32 Å². The molecule has 19 heavy (non-hydrogen) atoms. The van der Waals surface area contributed by atoms with Gasteiger partial charge in [0.05, 0.1) is 4.90 Å². The molecule has 0 aromatic heterocycles. The van der Waals surface area contributed by atoms with Crippen molar-refractivity contribution in [2.45, 2.75) is 28.9 Å². The highest BCUT2D eigenvalue weighted by Crippen LogP contribution is 2.46. The van der Waals surface area contributed by atoms with Gasteiger partial charge >= 0.3 is 0 Å². The van der Waals surface area contributed by atoms with Crippen LogP contribution in [-0.2, 0) is 16.4 Å². The van der Waals surface area contributed by atoms with Gasteiger partial charge in [0.2, 0.25) is 10.0 Å². The molecule has 1 aromatic rings. The zero-order valence-corrected chi connectivity index (χ0v) is 12.5. The largest absolute Gasteiger partial charge is 0.384 e. The van der Waals surface area contributed by atoms with Gasteiger partial charge in [-0.15, -0.1) is 0 Å². The molecular weight excluding hydrogens is 280 g/mol. The van der Waals surface area contributed by atoms with Gasteiger partial charge in [0.1, 0.15) is 0 Å². The molecule has 104 valence electrons. The van der Waals surface area contributed by atoms with E-state index in [0.717, 1.165) is 37.1 Å². The smallest absolute Gasteiger partial charge is 0.240 e. The van der Waals surface area contributed by atoms with Crippen molar-refractivity contribution in [3.63, 3.8) is 0 Å². The van der Waals surface area contributed by atoms with Crippen molar-refractivity contribution in [1.82, 2.24) is 4.72 Å². The number of sulfonamides is 1. The minimum atomic E-state index is -3.38. The Balaban J connectivity index is 1.76. The van der Waals surface area contributed by atoms with E-state index in [1.54, 1.807) is 23.9 Å². The van der Waals surface area contributed by atoms with Crippen LogP contribution in [0.2, 0.25) is 0 Å². The number of thioether (sulfide) groups is 1. The van der Waals surface area contributed by atoms with Crippen LogP contribution in [0.3, 0.4) is 0 Å². The van der Waals surface area contributed by atoms with Crippen molar-refractivity contribution in [2.75, 3.05) is 24.7 Å². The highest BCUT2D eigenvalue weighted by molar-refractivity contribution is 8.00. The van der Waals surface area contributed by atoms with Crippen LogP contribution in [0, 0.1) is 0 Å². The first-order chi connectivity index (χ1) is 9.05. The van der Waals surface area contributed by atoms with E-state index >= 15 is 0 Å². The number of hydrogen-bond donors (Lipinski definition) is 2. The quantitative estimate of drug-likeness (QED) is 0.871. The van der Waals surface area contributed by atoms with Gasteiger partial charge in [0, 0.05) is 23.5 Å². The molecule has 0 saturated heterocycles. The molecule has 0 bridgehead atoms. The Morgan fingerprint density at radius 3 is 2.89 bits per heavy atom. The molecule has 0 spiro atoms. The zero-order valence-electron chi connectivity index (χ0n) is 10.9. The van der Waals surface area contributed by atoms with Crippen LogP contribution in [-0.4, -0.2) is 32.5 Å². The van der Waals surface area contributed by atoms with E-state index in [9.17, 15) is 8.42 Å². The first-order valence-electron chi connectivity index (χ1n) is 6.46. The fourth-order valence-corrected chi connectivity index (χ4v) is 4.35. The summed E-state index contributed by atoms with van der Waals surface area (Å²) in [6.45, 7) is 1.42. The van der Waals surface area contributed by atoms with Gasteiger partial charge in [-0.1, -0.05) is 0 Å². The van der Waals surface area contributed by atoms with Crippen molar-refractivity contribution in [3.05, 3.63) is 23.8 Å². The minimum absolute atomic E-state index is 0.144. The van der Waals surface area contributed by atoms with E-state index in [4.69, 9.17) is 0 Å². The Morgan fingerprint density at radius 1 is 1.42 bits per heavy atom. The van der Waals surface area contributed by atoms with Gasteiger partial charge in [-0.25, -0.2) is 13.1 Å². The topological polar surface area (TPSA) is 58.2 Å². The summed E-state index contributed by atoms with van der Waals surface area (Å²) in [5.74, 6) is 0. The normalized spacial score (nSPS) is 19.8. The summed E-state index contributed by atoms with van der Waals surface area (Å²) in [5, 5.41) is 3.24. The predicted octanol–water partition coefficient (Wildman–Crippen LogP) is 1.83. The van der Waals surface area contributed by atoms with Gasteiger partial charge in [0.15, 0.2) is 0 Å². The second-order valence-corrected chi connectivity index (χ2v) is 8.25. The molecule has 2 N–H and O–H groups in total. The average molecular weight is 298 g/mol. The van der Waals surface area contributed by atoms with Crippen molar-refractivity contribution in [3.8, 4) is 0 Å². The van der Waals surface area contributed by atoms with Crippen LogP contribution < -0.4 is 10.0 Å². The molecule has 1 heterocycles. The number of anilines is 1. The number of fused-ring (bicyclic) bond motifs is 1. The third-order valence-corrected chi connectivity index (χ3v) is 6.74. The Hall–Kier alpha value is -0.720. The third kappa shape index (κ3) is 2.61. The number of nitrogens with one attached hydrogen (secondary N) is 2. The maximum Gasteiger partial charge on any atom is 0.240 e. The summed E-state index contributed by atoms with van der Waals surface area (Å²) in [4.78, 5) is 0.381. The van der Waals surface area contributed by atoms with Crippen molar-refractivity contribution in [1.29, 1.82) is 0 Å². The molecule has 1 aliphatic heterocycles. The summed E-state index contributed by atoms with van der Waals surface area (Å²) >= 11 is 1.76. The molecule has 1 aromatic carbocycles. The lowest BCUT2D eigenvalue weighted by atomic mass is 10.2. The van der Waals surface area contributed by atoms with E-state index in [1.807, 2.05) is 12.3 Å². The molecule has 2 aliphatic rings. The fraction of sp³-hybridized carbons (Fsp3) is 0.538. The standard InChI is InChI=1S/C13H18N2O2S2/c1-18-13(5-6-13)9-15-19(16,17)11-2-3-12-10(8-11)4-7-14-12/h2-3,8,14-15H,4-7,9H2,1H3. The van der Waals surface area contributed by atoms with Crippen LogP contribution in [0.15, 0.2) is 23.1 Å². The molecule has 1 aliphatic carbocycles. The maximum absolute atomic E-state index is 12.3. The van der Waals surface area contributed by atoms with Gasteiger partial charge in [-0.05, 0) is 49.3 Å². The van der Waals surface area contributed by atoms with E-state index in [-0.39, 0.29) is 4.75 Å². The monoisotopic (exact) mass is 298 g/mol. The minimum Gasteiger partial charge on any atom is -0.384 e. The lowest BCUT2D eigenvalue weighted by Crippen LogP contribution is -2.31. The summed E-state index contributed by atoms with van der Waals surface area (Å²) in [6.07, 6.45) is 5.14. The summed E-state index contributed by atoms with van der Waals surface area (Å²) in [6, 6.07) is 5.33. The van der Waals surface area contributed by atoms with E-state index < -0.39 is 10.0 Å². The highest BCUT2D eigenvalue weighted by Gasteiger charge is 2.42. The first-order valence-corrected chi connectivity index (χ1v) is 9.17. The van der Waals surface area contributed by atoms with Crippen molar-refractivity contribution >= 4 is 27.5 Å². The Labute approximate surface area is 118 Å². The first kappa shape index (κ1) is 13.3. The van der Waals surface area contributed by atoms with Gasteiger partial charge in [-0.3, -0.25) is 0 Å². The second kappa shape index (κ2) is 4.68. The molecule has 0 radical (unpaired) electrons. The predicted molar refractivity (Wildman–Crippen MR) is 79.3 cm³/mol. The second-order valence-electron chi connectivity index (χ2n) is 5.21. The highest BCUT2D eigenvalue weighted by atomic mass is 32.2. The average Bonchev–Trinajstić information content (AvgIpc) is 3.05. The molecule has 0 unspecified atom stereocenters. The van der Waals surface area contributed by atoms with E-state index in [0.29, 0.717) is 11.4 Å². The molecular formula is C13H18N2O2S2. The molecule has 6 heteroatoms. The number of benzene rings is 1. The Kier molecular flexibility index (Phi) is 3.27. The molecule has 0 amide bonds. The molecule has 1 saturated carbocycles. The van der Waals surface area contributed by atoms with Crippen LogP contribution in [0.4, 0.5) is 5.69 Å². The van der Waals surface area contributed by atoms with Crippen molar-refractivity contribution in [2.24, 2.45) is 0 Å². The maximum atomic E-state index is 12.3. The number of hydrogen-bond acceptors (Lipinski definition) is 4. The van der Waals surface area contributed by atoms with Gasteiger partial charge in [-0.2, -0.15) is 11.8 Å². The van der Waals surface area contributed by atoms with Crippen LogP contribution >= 0.6 is 11.8 Å². The lowest BCUT2D eigenvalue weighted by molar-refractivity contribution is 0.579. The van der Waals surface area contributed by atoms with Crippen LogP contribution in [0.25, 0.3) is 0 Å². The lowest BCUT2D eigenvalue weighted by Gasteiger charge is -2.14. The molecule has 0 atom stereocenters. The summed E-state index contributed by atoms with van der Waals surface area (Å²) in [7, 11) is -3.38. The summed E-state index contributed by atoms with van der Waals surface area (Å²) < 4.78 is 27.5. The zero-order chi connectivity index (χ0) is 13.5. The summed E-state index contributed by atoms with van der Waals surface area (Å²) in [5.41, 5.74) is 2.15. The van der Waals surface area contributed by atoms with Gasteiger partial charge in [0.25, 0.3) is 0 Å². The molecule has 4 nitrogen and oxygen atoms in total. The molecule has 3 rings (SSSR count). The van der Waals surface area contributed by atoms with Crippen LogP contribution in [0.5, 0.6) is 0 Å². The number of rotatable bonds is 5. The third-order valence-electron chi connectivity index (χ3n) is 3.92.